The second-order valence-electron chi connectivity index (χ2n) is 10.3. The summed E-state index contributed by atoms with van der Waals surface area (Å²) in [4.78, 5) is 43.3. The van der Waals surface area contributed by atoms with Crippen LogP contribution in [0.2, 0.25) is 0 Å². The van der Waals surface area contributed by atoms with Crippen molar-refractivity contribution >= 4 is 23.4 Å². The number of halogens is 2. The highest BCUT2D eigenvalue weighted by Gasteiger charge is 2.52. The average molecular weight is 603 g/mol. The monoisotopic (exact) mass is 602 g/mol. The van der Waals surface area contributed by atoms with Crippen LogP contribution in [0, 0.1) is 17.6 Å². The van der Waals surface area contributed by atoms with Crippen molar-refractivity contribution in [1.29, 1.82) is 0 Å². The fraction of sp³-hybridized carbons (Fsp3) is 0.265. The van der Waals surface area contributed by atoms with Gasteiger partial charge in [0.05, 0.1) is 37.5 Å². The van der Waals surface area contributed by atoms with Crippen LogP contribution in [0.3, 0.4) is 0 Å². The molecule has 0 spiro atoms. The number of ketones is 1. The van der Waals surface area contributed by atoms with E-state index in [-0.39, 0.29) is 47.9 Å². The van der Waals surface area contributed by atoms with Crippen LogP contribution < -0.4 is 15.4 Å². The fourth-order valence-corrected chi connectivity index (χ4v) is 6.05. The van der Waals surface area contributed by atoms with E-state index in [1.807, 2.05) is 0 Å². The molecule has 5 rings (SSSR count). The minimum atomic E-state index is -1.34. The minimum absolute atomic E-state index is 0.000634. The predicted octanol–water partition coefficient (Wildman–Crippen LogP) is 5.50. The zero-order valence-electron chi connectivity index (χ0n) is 24.5. The van der Waals surface area contributed by atoms with Crippen molar-refractivity contribution in [3.8, 4) is 5.75 Å². The summed E-state index contributed by atoms with van der Waals surface area (Å²) in [7, 11) is 1.50. The van der Waals surface area contributed by atoms with Gasteiger partial charge in [0, 0.05) is 22.8 Å². The normalized spacial score (nSPS) is 19.9. The number of methoxy groups -OCH3 is 1. The van der Waals surface area contributed by atoms with E-state index in [2.05, 4.69) is 0 Å². The lowest BCUT2D eigenvalue weighted by atomic mass is 9.66. The van der Waals surface area contributed by atoms with Gasteiger partial charge in [-0.1, -0.05) is 36.4 Å². The highest BCUT2D eigenvalue weighted by atomic mass is 19.1. The Hall–Kier alpha value is -4.99. The Labute approximate surface area is 253 Å². The molecule has 0 radical (unpaired) electrons. The fourth-order valence-electron chi connectivity index (χ4n) is 6.05. The molecule has 1 aliphatic carbocycles. The summed E-state index contributed by atoms with van der Waals surface area (Å²) < 4.78 is 46.3. The molecule has 228 valence electrons. The van der Waals surface area contributed by atoms with Crippen LogP contribution in [0.5, 0.6) is 5.75 Å². The lowest BCUT2D eigenvalue weighted by molar-refractivity contribution is -0.152. The summed E-state index contributed by atoms with van der Waals surface area (Å²) in [5, 5.41) is 0. The summed E-state index contributed by atoms with van der Waals surface area (Å²) >= 11 is 0. The summed E-state index contributed by atoms with van der Waals surface area (Å²) in [6.07, 6.45) is 0.0377. The van der Waals surface area contributed by atoms with Crippen LogP contribution >= 0.6 is 0 Å². The van der Waals surface area contributed by atoms with Gasteiger partial charge in [-0.3, -0.25) is 14.5 Å². The number of hydrogen-bond acceptors (Lipinski definition) is 8. The second-order valence-corrected chi connectivity index (χ2v) is 10.3. The molecule has 2 aliphatic rings. The molecule has 2 N–H and O–H groups in total. The molecule has 3 atom stereocenters. The number of hydrogen-bond donors (Lipinski definition) is 1. The maximum Gasteiger partial charge on any atom is 0.338 e. The van der Waals surface area contributed by atoms with Crippen LogP contribution in [0.15, 0.2) is 95.5 Å². The number of esters is 2. The smallest absolute Gasteiger partial charge is 0.338 e. The van der Waals surface area contributed by atoms with E-state index in [0.717, 1.165) is 0 Å². The van der Waals surface area contributed by atoms with Gasteiger partial charge in [0.25, 0.3) is 0 Å². The molecule has 44 heavy (non-hydrogen) atoms. The quantitative estimate of drug-likeness (QED) is 0.266. The summed E-state index contributed by atoms with van der Waals surface area (Å²) in [6.45, 7) is 3.23. The second kappa shape index (κ2) is 12.7. The minimum Gasteiger partial charge on any atom is -0.497 e. The van der Waals surface area contributed by atoms with Crippen LogP contribution in [0.25, 0.3) is 0 Å². The lowest BCUT2D eigenvalue weighted by Gasteiger charge is -2.44. The Kier molecular flexibility index (Phi) is 8.80. The Morgan fingerprint density at radius 3 is 2.36 bits per heavy atom. The van der Waals surface area contributed by atoms with Crippen LogP contribution in [0.4, 0.5) is 14.5 Å². The van der Waals surface area contributed by atoms with Crippen LogP contribution in [0.1, 0.15) is 43.2 Å². The number of anilines is 1. The van der Waals surface area contributed by atoms with Crippen molar-refractivity contribution in [1.82, 2.24) is 0 Å². The van der Waals surface area contributed by atoms with Crippen LogP contribution in [-0.4, -0.2) is 38.0 Å². The molecule has 3 aromatic carbocycles. The highest BCUT2D eigenvalue weighted by Crippen LogP contribution is 2.52. The predicted molar refractivity (Wildman–Crippen MR) is 158 cm³/mol. The topological polar surface area (TPSA) is 108 Å². The first kappa shape index (κ1) is 30.5. The van der Waals surface area contributed by atoms with Crippen molar-refractivity contribution in [2.24, 2.45) is 11.7 Å². The van der Waals surface area contributed by atoms with E-state index in [9.17, 15) is 18.8 Å². The van der Waals surface area contributed by atoms with Gasteiger partial charge in [0.15, 0.2) is 5.78 Å². The SMILES string of the molecule is CCOC(=O)C1=C(N)N(c2cccc(F)c2)C2=C(C(=O)[C@H](C(=O)OCC)[C@@H](c3cccc(OC)c3)C2)[C@H]1c1ccccc1F. The number of nitrogens with two attached hydrogens (primary N) is 1. The third-order valence-corrected chi connectivity index (χ3v) is 7.88. The number of carbonyl (C=O) groups excluding carboxylic acids is 3. The highest BCUT2D eigenvalue weighted by molar-refractivity contribution is 6.14. The summed E-state index contributed by atoms with van der Waals surface area (Å²) in [5.74, 6) is -6.62. The Bertz CT molecular complexity index is 1680. The third-order valence-electron chi connectivity index (χ3n) is 7.88. The molecule has 3 aromatic rings. The summed E-state index contributed by atoms with van der Waals surface area (Å²) in [5.41, 5.74) is 7.67. The first-order valence-electron chi connectivity index (χ1n) is 14.3. The van der Waals surface area contributed by atoms with Gasteiger partial charge in [-0.15, -0.1) is 0 Å². The van der Waals surface area contributed by atoms with Gasteiger partial charge in [-0.2, -0.15) is 0 Å². The van der Waals surface area contributed by atoms with E-state index in [0.29, 0.717) is 17.0 Å². The van der Waals surface area contributed by atoms with Crippen molar-refractivity contribution in [3.63, 3.8) is 0 Å². The average Bonchev–Trinajstić information content (AvgIpc) is 3.00. The van der Waals surface area contributed by atoms with E-state index >= 15 is 4.39 Å². The first-order chi connectivity index (χ1) is 21.2. The number of nitrogens with zero attached hydrogens (tertiary/aromatic N) is 1. The van der Waals surface area contributed by atoms with Crippen molar-refractivity contribution in [2.45, 2.75) is 32.1 Å². The molecular weight excluding hydrogens is 570 g/mol. The number of ether oxygens (including phenoxy) is 3. The van der Waals surface area contributed by atoms with Gasteiger partial charge in [-0.25, -0.2) is 13.6 Å². The number of allylic oxidation sites excluding steroid dienone is 2. The van der Waals surface area contributed by atoms with Crippen molar-refractivity contribution in [2.75, 3.05) is 25.2 Å². The van der Waals surface area contributed by atoms with Crippen molar-refractivity contribution < 1.29 is 37.4 Å². The number of benzene rings is 3. The zero-order valence-corrected chi connectivity index (χ0v) is 24.5. The van der Waals surface area contributed by atoms with E-state index in [4.69, 9.17) is 19.9 Å². The maximum absolute atomic E-state index is 15.6. The molecule has 10 heteroatoms. The number of rotatable bonds is 8. The van der Waals surface area contributed by atoms with Gasteiger partial charge >= 0.3 is 11.9 Å². The zero-order chi connectivity index (χ0) is 31.5. The van der Waals surface area contributed by atoms with Gasteiger partial charge in [-0.05, 0) is 62.2 Å². The largest absolute Gasteiger partial charge is 0.497 e. The molecule has 0 aromatic heterocycles. The summed E-state index contributed by atoms with van der Waals surface area (Å²) in [6, 6.07) is 18.2. The molecule has 0 saturated carbocycles. The molecule has 8 nitrogen and oxygen atoms in total. The number of Topliss-reactive ketones (excluding diaryl/α,β-unsaturated/α-hetero) is 1. The standard InChI is InChI=1S/C34H32F2N2O6/c1-4-43-33(40)28-24(19-10-8-13-22(16-19)42-3)18-26-29(31(28)39)27(23-14-6-7-15-25(23)36)30(34(41)44-5-2)32(37)38(26)21-12-9-11-20(35)17-21/h6-17,24,27-28H,4-5,18,37H2,1-3H3/t24-,27-,28-/m1/s1. The lowest BCUT2D eigenvalue weighted by Crippen LogP contribution is -2.46. The molecule has 0 unspecified atom stereocenters. The first-order valence-corrected chi connectivity index (χ1v) is 14.3. The molecule has 0 fully saturated rings. The maximum atomic E-state index is 15.6. The van der Waals surface area contributed by atoms with Gasteiger partial charge < -0.3 is 19.9 Å². The van der Waals surface area contributed by atoms with Crippen LogP contribution in [-0.2, 0) is 23.9 Å². The molecule has 1 aliphatic heterocycles. The molecule has 0 saturated heterocycles. The Morgan fingerprint density at radius 2 is 1.68 bits per heavy atom. The van der Waals surface area contributed by atoms with Gasteiger partial charge in [0.1, 0.15) is 29.1 Å². The number of carbonyl (C=O) groups is 3. The molecular formula is C34H32F2N2O6. The Morgan fingerprint density at radius 1 is 0.955 bits per heavy atom. The third kappa shape index (κ3) is 5.43. The molecule has 1 heterocycles. The molecule has 0 amide bonds. The van der Waals surface area contributed by atoms with Crippen molar-refractivity contribution in [3.05, 3.63) is 118 Å². The van der Waals surface area contributed by atoms with Gasteiger partial charge in [0.2, 0.25) is 0 Å². The van der Waals surface area contributed by atoms with E-state index < -0.39 is 47.1 Å². The molecule has 0 bridgehead atoms. The van der Waals surface area contributed by atoms with E-state index in [1.165, 1.54) is 48.4 Å². The Balaban J connectivity index is 1.84. The van der Waals surface area contributed by atoms with E-state index in [1.54, 1.807) is 50.2 Å².